The van der Waals surface area contributed by atoms with Crippen LogP contribution in [0.5, 0.6) is 0 Å². The molecule has 0 saturated carbocycles. The normalized spacial score (nSPS) is 14.7. The molecule has 0 bridgehead atoms. The first-order chi connectivity index (χ1) is 14.1. The standard InChI is InChI=1S/C20H21N5O2S2/c1-12(28-20-24-23-17(25(20)2)15-8-6-10-27-15)18(26)22-19-14(11-21)13-7-4-3-5-9-16(13)29-19/h6,8,10,12H,3-5,7,9H2,1-2H3,(H,22,26). The highest BCUT2D eigenvalue weighted by Crippen LogP contribution is 2.37. The number of hydrogen-bond donors (Lipinski definition) is 1. The van der Waals surface area contributed by atoms with E-state index in [-0.39, 0.29) is 5.91 Å². The van der Waals surface area contributed by atoms with E-state index in [1.807, 2.05) is 20.0 Å². The summed E-state index contributed by atoms with van der Waals surface area (Å²) in [6, 6.07) is 5.92. The monoisotopic (exact) mass is 427 g/mol. The van der Waals surface area contributed by atoms with Gasteiger partial charge in [-0.2, -0.15) is 5.26 Å². The van der Waals surface area contributed by atoms with Gasteiger partial charge in [0.2, 0.25) is 5.91 Å². The van der Waals surface area contributed by atoms with Crippen LogP contribution in [0.25, 0.3) is 11.6 Å². The van der Waals surface area contributed by atoms with Crippen LogP contribution in [-0.2, 0) is 24.7 Å². The zero-order valence-corrected chi connectivity index (χ0v) is 17.9. The Morgan fingerprint density at radius 2 is 2.21 bits per heavy atom. The Bertz CT molecular complexity index is 1060. The van der Waals surface area contributed by atoms with Gasteiger partial charge in [-0.05, 0) is 50.3 Å². The number of furan rings is 1. The number of carbonyl (C=O) groups is 1. The first-order valence-corrected chi connectivity index (χ1v) is 11.2. The van der Waals surface area contributed by atoms with E-state index in [1.165, 1.54) is 23.1 Å². The number of aromatic nitrogens is 3. The Kier molecular flexibility index (Phi) is 5.74. The van der Waals surface area contributed by atoms with E-state index in [0.717, 1.165) is 31.2 Å². The number of nitrogens with one attached hydrogen (secondary N) is 1. The second-order valence-electron chi connectivity index (χ2n) is 6.97. The first-order valence-electron chi connectivity index (χ1n) is 9.54. The minimum Gasteiger partial charge on any atom is -0.461 e. The number of fused-ring (bicyclic) bond motifs is 1. The summed E-state index contributed by atoms with van der Waals surface area (Å²) >= 11 is 2.87. The third kappa shape index (κ3) is 3.95. The molecule has 0 fully saturated rings. The van der Waals surface area contributed by atoms with Gasteiger partial charge in [0.25, 0.3) is 0 Å². The van der Waals surface area contributed by atoms with Crippen LogP contribution in [0.4, 0.5) is 5.00 Å². The van der Waals surface area contributed by atoms with Crippen LogP contribution in [-0.4, -0.2) is 25.9 Å². The Hall–Kier alpha value is -2.57. The molecular formula is C20H21N5O2S2. The van der Waals surface area contributed by atoms with Gasteiger partial charge < -0.3 is 14.3 Å². The van der Waals surface area contributed by atoms with Gasteiger partial charge in [0, 0.05) is 11.9 Å². The van der Waals surface area contributed by atoms with Crippen LogP contribution in [0.2, 0.25) is 0 Å². The number of thioether (sulfide) groups is 1. The third-order valence-electron chi connectivity index (χ3n) is 5.00. The van der Waals surface area contributed by atoms with Gasteiger partial charge in [0.15, 0.2) is 16.7 Å². The van der Waals surface area contributed by atoms with E-state index >= 15 is 0 Å². The molecule has 0 spiro atoms. The average Bonchev–Trinajstić information content (AvgIpc) is 3.39. The molecule has 1 aliphatic rings. The van der Waals surface area contributed by atoms with Crippen molar-refractivity contribution < 1.29 is 9.21 Å². The van der Waals surface area contributed by atoms with Crippen LogP contribution in [0.3, 0.4) is 0 Å². The van der Waals surface area contributed by atoms with Crippen molar-refractivity contribution in [2.75, 3.05) is 5.32 Å². The predicted octanol–water partition coefficient (Wildman–Crippen LogP) is 4.40. The van der Waals surface area contributed by atoms with Gasteiger partial charge in [0.1, 0.15) is 11.1 Å². The van der Waals surface area contributed by atoms with Crippen molar-refractivity contribution >= 4 is 34.0 Å². The molecule has 4 rings (SSSR count). The quantitative estimate of drug-likeness (QED) is 0.479. The maximum Gasteiger partial charge on any atom is 0.238 e. The van der Waals surface area contributed by atoms with E-state index in [0.29, 0.717) is 27.3 Å². The molecular weight excluding hydrogens is 406 g/mol. The average molecular weight is 428 g/mol. The number of rotatable bonds is 5. The third-order valence-corrected chi connectivity index (χ3v) is 7.34. The molecule has 3 aromatic rings. The summed E-state index contributed by atoms with van der Waals surface area (Å²) in [5, 5.41) is 21.9. The van der Waals surface area contributed by atoms with Gasteiger partial charge in [-0.1, -0.05) is 18.2 Å². The molecule has 3 aromatic heterocycles. The van der Waals surface area contributed by atoms with Crippen molar-refractivity contribution in [3.05, 3.63) is 34.4 Å². The zero-order chi connectivity index (χ0) is 20.4. The van der Waals surface area contributed by atoms with Gasteiger partial charge in [0.05, 0.1) is 17.1 Å². The van der Waals surface area contributed by atoms with Crippen molar-refractivity contribution in [3.8, 4) is 17.7 Å². The van der Waals surface area contributed by atoms with E-state index in [4.69, 9.17) is 4.42 Å². The number of nitrogens with zero attached hydrogens (tertiary/aromatic N) is 4. The Morgan fingerprint density at radius 3 is 2.97 bits per heavy atom. The molecule has 150 valence electrons. The lowest BCUT2D eigenvalue weighted by atomic mass is 10.1. The van der Waals surface area contributed by atoms with E-state index in [9.17, 15) is 10.1 Å². The minimum atomic E-state index is -0.393. The summed E-state index contributed by atoms with van der Waals surface area (Å²) in [5.74, 6) is 1.09. The Labute approximate surface area is 177 Å². The smallest absolute Gasteiger partial charge is 0.238 e. The second kappa shape index (κ2) is 8.43. The molecule has 0 radical (unpaired) electrons. The van der Waals surface area contributed by atoms with Gasteiger partial charge >= 0.3 is 0 Å². The number of anilines is 1. The van der Waals surface area contributed by atoms with Crippen LogP contribution in [0, 0.1) is 11.3 Å². The lowest BCUT2D eigenvalue weighted by Gasteiger charge is -2.11. The summed E-state index contributed by atoms with van der Waals surface area (Å²) in [5.41, 5.74) is 1.76. The SMILES string of the molecule is CC(Sc1nnc(-c2ccco2)n1C)C(=O)Nc1sc2c(c1C#N)CCCCC2. The number of hydrogen-bond acceptors (Lipinski definition) is 7. The second-order valence-corrected chi connectivity index (χ2v) is 9.39. The largest absolute Gasteiger partial charge is 0.461 e. The fourth-order valence-electron chi connectivity index (χ4n) is 3.41. The van der Waals surface area contributed by atoms with E-state index in [2.05, 4.69) is 21.6 Å². The number of carbonyl (C=O) groups excluding carboxylic acids is 1. The number of aryl methyl sites for hydroxylation is 1. The molecule has 1 atom stereocenters. The molecule has 3 heterocycles. The van der Waals surface area contributed by atoms with Crippen LogP contribution < -0.4 is 5.32 Å². The van der Waals surface area contributed by atoms with Crippen LogP contribution >= 0.6 is 23.1 Å². The van der Waals surface area contributed by atoms with E-state index < -0.39 is 5.25 Å². The van der Waals surface area contributed by atoms with Gasteiger partial charge in [-0.15, -0.1) is 21.5 Å². The molecule has 1 aliphatic carbocycles. The number of thiophene rings is 1. The maximum absolute atomic E-state index is 12.8. The number of nitriles is 1. The summed E-state index contributed by atoms with van der Waals surface area (Å²) in [6.07, 6.45) is 6.93. The molecule has 7 nitrogen and oxygen atoms in total. The van der Waals surface area contributed by atoms with Crippen LogP contribution in [0.15, 0.2) is 28.0 Å². The molecule has 0 saturated heterocycles. The van der Waals surface area contributed by atoms with Gasteiger partial charge in [-0.25, -0.2) is 0 Å². The fourth-order valence-corrected chi connectivity index (χ4v) is 5.47. The molecule has 0 aliphatic heterocycles. The first kappa shape index (κ1) is 19.7. The summed E-state index contributed by atoms with van der Waals surface area (Å²) in [4.78, 5) is 14.0. The highest BCUT2D eigenvalue weighted by atomic mass is 32.2. The highest BCUT2D eigenvalue weighted by molar-refractivity contribution is 8.00. The minimum absolute atomic E-state index is 0.148. The van der Waals surface area contributed by atoms with Crippen molar-refractivity contribution in [3.63, 3.8) is 0 Å². The molecule has 0 aromatic carbocycles. The number of amides is 1. The summed E-state index contributed by atoms with van der Waals surface area (Å²) < 4.78 is 7.19. The van der Waals surface area contributed by atoms with Crippen LogP contribution in [0.1, 0.15) is 42.2 Å². The van der Waals surface area contributed by atoms with E-state index in [1.54, 1.807) is 28.2 Å². The van der Waals surface area contributed by atoms with Crippen molar-refractivity contribution in [1.29, 1.82) is 5.26 Å². The lowest BCUT2D eigenvalue weighted by molar-refractivity contribution is -0.115. The fraction of sp³-hybridized carbons (Fsp3) is 0.400. The molecule has 29 heavy (non-hydrogen) atoms. The topological polar surface area (TPSA) is 96.7 Å². The lowest BCUT2D eigenvalue weighted by Crippen LogP contribution is -2.22. The van der Waals surface area contributed by atoms with Gasteiger partial charge in [-0.3, -0.25) is 4.79 Å². The van der Waals surface area contributed by atoms with Crippen molar-refractivity contribution in [2.45, 2.75) is 49.4 Å². The highest BCUT2D eigenvalue weighted by Gasteiger charge is 2.24. The Balaban J connectivity index is 1.48. The summed E-state index contributed by atoms with van der Waals surface area (Å²) in [6.45, 7) is 1.83. The maximum atomic E-state index is 12.8. The van der Waals surface area contributed by atoms with Crippen molar-refractivity contribution in [1.82, 2.24) is 14.8 Å². The molecule has 1 N–H and O–H groups in total. The molecule has 9 heteroatoms. The van der Waals surface area contributed by atoms with Crippen molar-refractivity contribution in [2.24, 2.45) is 7.05 Å². The zero-order valence-electron chi connectivity index (χ0n) is 16.3. The summed E-state index contributed by atoms with van der Waals surface area (Å²) in [7, 11) is 1.84. The molecule has 1 unspecified atom stereocenters. The Morgan fingerprint density at radius 1 is 1.38 bits per heavy atom. The molecule has 1 amide bonds. The predicted molar refractivity (Wildman–Crippen MR) is 113 cm³/mol.